The Morgan fingerprint density at radius 3 is 2.34 bits per heavy atom. The van der Waals surface area contributed by atoms with Gasteiger partial charge in [-0.2, -0.15) is 5.10 Å². The average molecular weight is 596 g/mol. The Morgan fingerprint density at radius 1 is 0.914 bits per heavy atom. The number of hydrogen-bond donors (Lipinski definition) is 2. The van der Waals surface area contributed by atoms with Crippen molar-refractivity contribution in [2.75, 3.05) is 7.05 Å². The number of hydrogen-bond acceptors (Lipinski definition) is 3. The minimum Gasteiger partial charge on any atom is -0.357 e. The lowest BCUT2D eigenvalue weighted by molar-refractivity contribution is -0.122. The molecule has 0 radical (unpaired) electrons. The number of rotatable bonds is 8. The molecular formula is C27H24Br2N4O2. The lowest BCUT2D eigenvalue weighted by atomic mass is 10.0. The third-order valence-electron chi connectivity index (χ3n) is 5.53. The molecule has 0 saturated heterocycles. The van der Waals surface area contributed by atoms with Crippen LogP contribution in [0.3, 0.4) is 0 Å². The third-order valence-corrected chi connectivity index (χ3v) is 6.72. The molecule has 2 N–H and O–H groups in total. The van der Waals surface area contributed by atoms with Crippen LogP contribution in [0.25, 0.3) is 11.3 Å². The molecular weight excluding hydrogens is 572 g/mol. The summed E-state index contributed by atoms with van der Waals surface area (Å²) in [6.45, 7) is 0.502. The minimum atomic E-state index is -0.743. The highest BCUT2D eigenvalue weighted by molar-refractivity contribution is 9.10. The zero-order valence-electron chi connectivity index (χ0n) is 19.0. The Bertz CT molecular complexity index is 1340. The molecule has 6 nitrogen and oxygen atoms in total. The number of nitrogens with zero attached hydrogens (tertiary/aromatic N) is 2. The summed E-state index contributed by atoms with van der Waals surface area (Å²) in [4.78, 5) is 25.9. The standard InChI is InChI=1S/C27H24Br2N4O2/c1-30-26(34)23(15-19-10-7-11-20(28)14-19)31-27(35)24-16-25(21-12-5-6-13-22(21)29)33(32-24)17-18-8-3-2-4-9-18/h2-14,16,23H,15,17H2,1H3,(H,30,34)(H,31,35). The fraction of sp³-hybridized carbons (Fsp3) is 0.148. The largest absolute Gasteiger partial charge is 0.357 e. The second-order valence-corrected chi connectivity index (χ2v) is 9.78. The van der Waals surface area contributed by atoms with Gasteiger partial charge in [-0.3, -0.25) is 14.3 Å². The maximum absolute atomic E-state index is 13.3. The van der Waals surface area contributed by atoms with E-state index in [-0.39, 0.29) is 11.6 Å². The van der Waals surface area contributed by atoms with Crippen molar-refractivity contribution in [3.8, 4) is 11.3 Å². The van der Waals surface area contributed by atoms with Crippen LogP contribution >= 0.6 is 31.9 Å². The first-order chi connectivity index (χ1) is 16.9. The van der Waals surface area contributed by atoms with E-state index in [2.05, 4.69) is 47.6 Å². The molecule has 3 aromatic carbocycles. The summed E-state index contributed by atoms with van der Waals surface area (Å²) in [5.74, 6) is -0.679. The summed E-state index contributed by atoms with van der Waals surface area (Å²) < 4.78 is 3.63. The van der Waals surface area contributed by atoms with E-state index in [4.69, 9.17) is 0 Å². The monoisotopic (exact) mass is 594 g/mol. The van der Waals surface area contributed by atoms with Crippen molar-refractivity contribution < 1.29 is 9.59 Å². The first kappa shape index (κ1) is 24.9. The number of benzene rings is 3. The molecule has 4 aromatic rings. The summed E-state index contributed by atoms with van der Waals surface area (Å²) in [5, 5.41) is 10.1. The molecule has 0 aliphatic heterocycles. The highest BCUT2D eigenvalue weighted by Crippen LogP contribution is 2.29. The predicted molar refractivity (Wildman–Crippen MR) is 144 cm³/mol. The molecule has 35 heavy (non-hydrogen) atoms. The number of carbonyl (C=O) groups excluding carboxylic acids is 2. The predicted octanol–water partition coefficient (Wildman–Crippen LogP) is 5.21. The fourth-order valence-corrected chi connectivity index (χ4v) is 4.74. The van der Waals surface area contributed by atoms with Gasteiger partial charge >= 0.3 is 0 Å². The van der Waals surface area contributed by atoms with Gasteiger partial charge in [-0.1, -0.05) is 92.5 Å². The molecule has 0 fully saturated rings. The molecule has 1 heterocycles. The molecule has 0 aliphatic carbocycles. The summed E-state index contributed by atoms with van der Waals surface area (Å²) in [6.07, 6.45) is 0.354. The number of likely N-dealkylation sites (N-methyl/N-ethyl adjacent to an activating group) is 1. The summed E-state index contributed by atoms with van der Waals surface area (Å²) in [7, 11) is 1.56. The summed E-state index contributed by atoms with van der Waals surface area (Å²) >= 11 is 7.07. The van der Waals surface area contributed by atoms with Crippen molar-refractivity contribution in [1.82, 2.24) is 20.4 Å². The molecule has 2 amide bonds. The van der Waals surface area contributed by atoms with Crippen molar-refractivity contribution in [3.05, 3.63) is 111 Å². The quantitative estimate of drug-likeness (QED) is 0.294. The van der Waals surface area contributed by atoms with E-state index >= 15 is 0 Å². The van der Waals surface area contributed by atoms with Gasteiger partial charge in [0.05, 0.1) is 12.2 Å². The molecule has 0 saturated carbocycles. The molecule has 1 aromatic heterocycles. The zero-order chi connectivity index (χ0) is 24.8. The van der Waals surface area contributed by atoms with Crippen LogP contribution in [0.4, 0.5) is 0 Å². The highest BCUT2D eigenvalue weighted by Gasteiger charge is 2.24. The lowest BCUT2D eigenvalue weighted by Gasteiger charge is -2.17. The zero-order valence-corrected chi connectivity index (χ0v) is 22.2. The molecule has 1 atom stereocenters. The van der Waals surface area contributed by atoms with Gasteiger partial charge in [-0.25, -0.2) is 0 Å². The van der Waals surface area contributed by atoms with E-state index in [0.29, 0.717) is 13.0 Å². The van der Waals surface area contributed by atoms with Crippen LogP contribution in [0, 0.1) is 0 Å². The number of nitrogens with one attached hydrogen (secondary N) is 2. The number of halogens is 2. The van der Waals surface area contributed by atoms with E-state index in [1.165, 1.54) is 0 Å². The minimum absolute atomic E-state index is 0.245. The van der Waals surface area contributed by atoms with Crippen molar-refractivity contribution >= 4 is 43.7 Å². The second kappa shape index (κ2) is 11.5. The van der Waals surface area contributed by atoms with Crippen LogP contribution in [-0.4, -0.2) is 34.7 Å². The molecule has 0 bridgehead atoms. The Labute approximate surface area is 221 Å². The summed E-state index contributed by atoms with van der Waals surface area (Å²) in [6, 6.07) is 26.5. The van der Waals surface area contributed by atoms with Gasteiger partial charge in [0.25, 0.3) is 5.91 Å². The van der Waals surface area contributed by atoms with Gasteiger partial charge in [0, 0.05) is 28.0 Å². The number of amides is 2. The van der Waals surface area contributed by atoms with Gasteiger partial charge in [0.2, 0.25) is 5.91 Å². The van der Waals surface area contributed by atoms with Gasteiger partial charge < -0.3 is 10.6 Å². The van der Waals surface area contributed by atoms with Crippen molar-refractivity contribution in [3.63, 3.8) is 0 Å². The van der Waals surface area contributed by atoms with Crippen molar-refractivity contribution in [1.29, 1.82) is 0 Å². The van der Waals surface area contributed by atoms with Gasteiger partial charge in [-0.15, -0.1) is 0 Å². The molecule has 0 aliphatic rings. The smallest absolute Gasteiger partial charge is 0.272 e. The van der Waals surface area contributed by atoms with E-state index in [1.54, 1.807) is 13.1 Å². The SMILES string of the molecule is CNC(=O)C(Cc1cccc(Br)c1)NC(=O)c1cc(-c2ccccc2Br)n(Cc2ccccc2)n1. The number of aromatic nitrogens is 2. The van der Waals surface area contributed by atoms with E-state index in [1.807, 2.05) is 83.5 Å². The van der Waals surface area contributed by atoms with Crippen LogP contribution < -0.4 is 10.6 Å². The topological polar surface area (TPSA) is 76.0 Å². The van der Waals surface area contributed by atoms with E-state index in [9.17, 15) is 9.59 Å². The van der Waals surface area contributed by atoms with Crippen LogP contribution in [0.1, 0.15) is 21.6 Å². The van der Waals surface area contributed by atoms with Gasteiger partial charge in [0.1, 0.15) is 6.04 Å². The molecule has 0 spiro atoms. The first-order valence-corrected chi connectivity index (χ1v) is 12.7. The number of carbonyl (C=O) groups is 2. The maximum Gasteiger partial charge on any atom is 0.272 e. The third kappa shape index (κ3) is 6.26. The van der Waals surface area contributed by atoms with E-state index < -0.39 is 11.9 Å². The van der Waals surface area contributed by atoms with Crippen LogP contribution in [0.2, 0.25) is 0 Å². The highest BCUT2D eigenvalue weighted by atomic mass is 79.9. The second-order valence-electron chi connectivity index (χ2n) is 8.01. The first-order valence-electron chi connectivity index (χ1n) is 11.1. The summed E-state index contributed by atoms with van der Waals surface area (Å²) in [5.41, 5.74) is 3.96. The maximum atomic E-state index is 13.3. The van der Waals surface area contributed by atoms with Crippen LogP contribution in [-0.2, 0) is 17.8 Å². The Morgan fingerprint density at radius 2 is 1.63 bits per heavy atom. The Kier molecular flexibility index (Phi) is 8.15. The van der Waals surface area contributed by atoms with Gasteiger partial charge in [0.15, 0.2) is 5.69 Å². The molecule has 8 heteroatoms. The fourth-order valence-electron chi connectivity index (χ4n) is 3.81. The molecule has 4 rings (SSSR count). The lowest BCUT2D eigenvalue weighted by Crippen LogP contribution is -2.47. The van der Waals surface area contributed by atoms with Crippen LogP contribution in [0.5, 0.6) is 0 Å². The van der Waals surface area contributed by atoms with E-state index in [0.717, 1.165) is 31.3 Å². The van der Waals surface area contributed by atoms with Crippen molar-refractivity contribution in [2.45, 2.75) is 19.0 Å². The molecule has 1 unspecified atom stereocenters. The van der Waals surface area contributed by atoms with Crippen LogP contribution in [0.15, 0.2) is 93.9 Å². The Balaban J connectivity index is 1.64. The molecule has 178 valence electrons. The average Bonchev–Trinajstić information content (AvgIpc) is 3.27. The Hall–Kier alpha value is -3.23. The normalized spacial score (nSPS) is 11.6. The van der Waals surface area contributed by atoms with Crippen molar-refractivity contribution in [2.24, 2.45) is 0 Å². The van der Waals surface area contributed by atoms with Gasteiger partial charge in [-0.05, 0) is 35.4 Å².